The summed E-state index contributed by atoms with van der Waals surface area (Å²) in [5.41, 5.74) is 0.185. The van der Waals surface area contributed by atoms with Gasteiger partial charge in [0.1, 0.15) is 11.3 Å². The summed E-state index contributed by atoms with van der Waals surface area (Å²) in [5, 5.41) is 20.8. The second kappa shape index (κ2) is 4.75. The number of fused-ring (bicyclic) bond motifs is 1. The van der Waals surface area contributed by atoms with Crippen LogP contribution in [0, 0.1) is 10.1 Å². The Bertz CT molecular complexity index is 913. The molecule has 2 aromatic carbocycles. The van der Waals surface area contributed by atoms with Crippen molar-refractivity contribution in [1.29, 1.82) is 0 Å². The first-order chi connectivity index (χ1) is 10.0. The number of phenolic OH excluding ortho intramolecular Hbond substituents is 1. The molecule has 6 nitrogen and oxygen atoms in total. The summed E-state index contributed by atoms with van der Waals surface area (Å²) in [7, 11) is 0. The largest absolute Gasteiger partial charge is 0.508 e. The van der Waals surface area contributed by atoms with Gasteiger partial charge in [-0.15, -0.1) is 0 Å². The second-order valence-electron chi connectivity index (χ2n) is 4.48. The Balaban J connectivity index is 2.23. The molecule has 0 spiro atoms. The Hall–Kier alpha value is -3.15. The molecule has 0 unspecified atom stereocenters. The van der Waals surface area contributed by atoms with Crippen LogP contribution in [0.4, 0.5) is 5.69 Å². The Morgan fingerprint density at radius 1 is 1.10 bits per heavy atom. The molecule has 0 aliphatic carbocycles. The molecule has 6 heteroatoms. The molecule has 0 atom stereocenters. The molecule has 1 heterocycles. The third-order valence-corrected chi connectivity index (χ3v) is 3.09. The quantitative estimate of drug-likeness (QED) is 0.443. The molecule has 21 heavy (non-hydrogen) atoms. The minimum atomic E-state index is -0.617. The fraction of sp³-hybridized carbons (Fsp3) is 0. The minimum absolute atomic E-state index is 0.00579. The molecule has 0 bridgehead atoms. The maximum absolute atomic E-state index is 12.0. The number of hydrogen-bond acceptors (Lipinski definition) is 5. The summed E-state index contributed by atoms with van der Waals surface area (Å²) in [6.07, 6.45) is 0. The number of hydrogen-bond donors (Lipinski definition) is 1. The molecule has 0 radical (unpaired) electrons. The maximum atomic E-state index is 12.0. The zero-order valence-corrected chi connectivity index (χ0v) is 10.6. The van der Waals surface area contributed by atoms with Gasteiger partial charge in [0.25, 0.3) is 5.69 Å². The van der Waals surface area contributed by atoms with Crippen molar-refractivity contribution in [3.8, 4) is 16.9 Å². The third kappa shape index (κ3) is 2.34. The number of phenols is 1. The number of nitro groups is 1. The molecule has 3 aromatic rings. The number of nitro benzene ring substituents is 1. The van der Waals surface area contributed by atoms with Crippen molar-refractivity contribution in [2.45, 2.75) is 0 Å². The van der Waals surface area contributed by atoms with Gasteiger partial charge in [0.05, 0.1) is 10.5 Å². The highest BCUT2D eigenvalue weighted by molar-refractivity contribution is 5.83. The van der Waals surface area contributed by atoms with E-state index in [4.69, 9.17) is 4.42 Å². The lowest BCUT2D eigenvalue weighted by Crippen LogP contribution is -2.02. The number of aromatic hydroxyl groups is 1. The Morgan fingerprint density at radius 2 is 1.90 bits per heavy atom. The zero-order valence-electron chi connectivity index (χ0n) is 10.6. The van der Waals surface area contributed by atoms with E-state index < -0.39 is 10.5 Å². The van der Waals surface area contributed by atoms with Gasteiger partial charge >= 0.3 is 5.63 Å². The lowest BCUT2D eigenvalue weighted by Gasteiger charge is -2.03. The van der Waals surface area contributed by atoms with Crippen LogP contribution in [0.5, 0.6) is 5.75 Å². The van der Waals surface area contributed by atoms with Crippen molar-refractivity contribution in [2.75, 3.05) is 0 Å². The molecule has 0 aliphatic heterocycles. The van der Waals surface area contributed by atoms with Crippen molar-refractivity contribution in [3.63, 3.8) is 0 Å². The number of benzene rings is 2. The molecule has 0 fully saturated rings. The first-order valence-electron chi connectivity index (χ1n) is 6.06. The monoisotopic (exact) mass is 283 g/mol. The van der Waals surface area contributed by atoms with Gasteiger partial charge in [0.15, 0.2) is 0 Å². The molecule has 0 saturated carbocycles. The standard InChI is InChI=1S/C15H9NO5/c17-12-5-4-10-7-13(15(18)21-14(10)8-12)9-2-1-3-11(6-9)16(19)20/h1-8,17H. The highest BCUT2D eigenvalue weighted by atomic mass is 16.6. The Labute approximate surface area is 118 Å². The van der Waals surface area contributed by atoms with Crippen LogP contribution in [0.15, 0.2) is 57.7 Å². The van der Waals surface area contributed by atoms with Gasteiger partial charge in [-0.2, -0.15) is 0 Å². The summed E-state index contributed by atoms with van der Waals surface area (Å²) in [4.78, 5) is 22.3. The van der Waals surface area contributed by atoms with Crippen LogP contribution in [0.1, 0.15) is 0 Å². The first-order valence-corrected chi connectivity index (χ1v) is 6.06. The molecule has 3 rings (SSSR count). The molecular formula is C15H9NO5. The summed E-state index contributed by atoms with van der Waals surface area (Å²) in [6, 6.07) is 11.8. The van der Waals surface area contributed by atoms with E-state index in [0.717, 1.165) is 0 Å². The van der Waals surface area contributed by atoms with Gasteiger partial charge in [-0.05, 0) is 23.8 Å². The van der Waals surface area contributed by atoms with Crippen molar-refractivity contribution in [1.82, 2.24) is 0 Å². The lowest BCUT2D eigenvalue weighted by molar-refractivity contribution is -0.384. The first kappa shape index (κ1) is 12.9. The van der Waals surface area contributed by atoms with Gasteiger partial charge in [-0.1, -0.05) is 12.1 Å². The van der Waals surface area contributed by atoms with Gasteiger partial charge < -0.3 is 9.52 Å². The molecule has 1 aromatic heterocycles. The van der Waals surface area contributed by atoms with E-state index in [1.165, 1.54) is 30.3 Å². The number of nitrogens with zero attached hydrogens (tertiary/aromatic N) is 1. The van der Waals surface area contributed by atoms with Gasteiger partial charge in [-0.25, -0.2) is 4.79 Å². The van der Waals surface area contributed by atoms with Crippen molar-refractivity contribution in [2.24, 2.45) is 0 Å². The van der Waals surface area contributed by atoms with Crippen LogP contribution >= 0.6 is 0 Å². The van der Waals surface area contributed by atoms with Crippen LogP contribution < -0.4 is 5.63 Å². The van der Waals surface area contributed by atoms with Crippen molar-refractivity contribution in [3.05, 3.63) is 69.1 Å². The van der Waals surface area contributed by atoms with Crippen molar-refractivity contribution < 1.29 is 14.4 Å². The topological polar surface area (TPSA) is 93.6 Å². The van der Waals surface area contributed by atoms with Gasteiger partial charge in [0.2, 0.25) is 0 Å². The summed E-state index contributed by atoms with van der Waals surface area (Å²) < 4.78 is 5.14. The lowest BCUT2D eigenvalue weighted by atomic mass is 10.1. The predicted molar refractivity (Wildman–Crippen MR) is 76.2 cm³/mol. The smallest absolute Gasteiger partial charge is 0.344 e. The second-order valence-corrected chi connectivity index (χ2v) is 4.48. The molecular weight excluding hydrogens is 274 g/mol. The van der Waals surface area contributed by atoms with E-state index in [2.05, 4.69) is 0 Å². The fourth-order valence-electron chi connectivity index (χ4n) is 2.09. The Morgan fingerprint density at radius 3 is 2.67 bits per heavy atom. The average Bonchev–Trinajstić information content (AvgIpc) is 2.46. The SMILES string of the molecule is O=c1oc2cc(O)ccc2cc1-c1cccc([N+](=O)[O-])c1. The van der Waals surface area contributed by atoms with Crippen LogP contribution in [0.25, 0.3) is 22.1 Å². The molecule has 0 amide bonds. The minimum Gasteiger partial charge on any atom is -0.508 e. The van der Waals surface area contributed by atoms with Crippen LogP contribution in [-0.2, 0) is 0 Å². The van der Waals surface area contributed by atoms with Crippen molar-refractivity contribution >= 4 is 16.7 Å². The average molecular weight is 283 g/mol. The van der Waals surface area contributed by atoms with Crippen LogP contribution in [-0.4, -0.2) is 10.0 Å². The summed E-state index contributed by atoms with van der Waals surface area (Å²) >= 11 is 0. The number of rotatable bonds is 2. The van der Waals surface area contributed by atoms with E-state index in [-0.39, 0.29) is 22.6 Å². The highest BCUT2D eigenvalue weighted by Crippen LogP contribution is 2.25. The van der Waals surface area contributed by atoms with Crippen LogP contribution in [0.2, 0.25) is 0 Å². The van der Waals surface area contributed by atoms with E-state index in [1.807, 2.05) is 0 Å². The molecule has 1 N–H and O–H groups in total. The zero-order chi connectivity index (χ0) is 15.0. The van der Waals surface area contributed by atoms with E-state index in [1.54, 1.807) is 18.2 Å². The van der Waals surface area contributed by atoms with Crippen LogP contribution in [0.3, 0.4) is 0 Å². The molecule has 104 valence electrons. The normalized spacial score (nSPS) is 10.7. The number of non-ortho nitro benzene ring substituents is 1. The predicted octanol–water partition coefficient (Wildman–Crippen LogP) is 3.07. The molecule has 0 aliphatic rings. The van der Waals surface area contributed by atoms with Gasteiger partial charge in [-0.3, -0.25) is 10.1 Å². The maximum Gasteiger partial charge on any atom is 0.344 e. The Kier molecular flexibility index (Phi) is 2.91. The van der Waals surface area contributed by atoms with E-state index >= 15 is 0 Å². The summed E-state index contributed by atoms with van der Waals surface area (Å²) in [5.74, 6) is -0.00579. The van der Waals surface area contributed by atoms with E-state index in [0.29, 0.717) is 10.9 Å². The fourth-order valence-corrected chi connectivity index (χ4v) is 2.09. The molecule has 0 saturated heterocycles. The third-order valence-electron chi connectivity index (χ3n) is 3.09. The summed E-state index contributed by atoms with van der Waals surface area (Å²) in [6.45, 7) is 0. The van der Waals surface area contributed by atoms with E-state index in [9.17, 15) is 20.0 Å². The highest BCUT2D eigenvalue weighted by Gasteiger charge is 2.12. The van der Waals surface area contributed by atoms with Gasteiger partial charge in [0, 0.05) is 23.6 Å².